The van der Waals surface area contributed by atoms with Gasteiger partial charge in [-0.2, -0.15) is 0 Å². The molecule has 0 amide bonds. The van der Waals surface area contributed by atoms with Crippen molar-refractivity contribution in [1.29, 1.82) is 0 Å². The monoisotopic (exact) mass is 410 g/mol. The number of methoxy groups -OCH3 is 5. The Bertz CT molecular complexity index is 1060. The first kappa shape index (κ1) is 21.2. The predicted molar refractivity (Wildman–Crippen MR) is 116 cm³/mol. The van der Waals surface area contributed by atoms with Crippen LogP contribution in [0.25, 0.3) is 22.3 Å². The predicted octanol–water partition coefficient (Wildman–Crippen LogP) is 5.08. The van der Waals surface area contributed by atoms with Crippen molar-refractivity contribution in [2.45, 2.75) is 6.92 Å². The Balaban J connectivity index is 2.31. The Labute approximate surface area is 176 Å². The molecular formula is C24H26O6. The molecule has 3 aromatic carbocycles. The Hall–Kier alpha value is -3.54. The Morgan fingerprint density at radius 1 is 0.567 bits per heavy atom. The van der Waals surface area contributed by atoms with Crippen LogP contribution in [0.3, 0.4) is 0 Å². The van der Waals surface area contributed by atoms with Gasteiger partial charge in [0.1, 0.15) is 34.5 Å². The second kappa shape index (κ2) is 8.86. The van der Waals surface area contributed by atoms with Gasteiger partial charge in [0.25, 0.3) is 0 Å². The molecule has 3 rings (SSSR count). The molecule has 3 aromatic rings. The summed E-state index contributed by atoms with van der Waals surface area (Å²) in [5, 5.41) is 11.3. The molecule has 0 bridgehead atoms. The van der Waals surface area contributed by atoms with Crippen molar-refractivity contribution >= 4 is 0 Å². The highest BCUT2D eigenvalue weighted by Crippen LogP contribution is 2.48. The topological polar surface area (TPSA) is 66.4 Å². The summed E-state index contributed by atoms with van der Waals surface area (Å²) >= 11 is 0. The molecule has 6 heteroatoms. The molecule has 0 spiro atoms. The smallest absolute Gasteiger partial charge is 0.131 e. The molecule has 0 unspecified atom stereocenters. The molecule has 0 radical (unpaired) electrons. The van der Waals surface area contributed by atoms with Crippen molar-refractivity contribution in [3.05, 3.63) is 48.0 Å². The lowest BCUT2D eigenvalue weighted by atomic mass is 9.93. The largest absolute Gasteiger partial charge is 0.507 e. The molecule has 0 saturated heterocycles. The number of hydrogen-bond acceptors (Lipinski definition) is 6. The maximum Gasteiger partial charge on any atom is 0.131 e. The average Bonchev–Trinajstić information content (AvgIpc) is 2.78. The maximum absolute atomic E-state index is 11.3. The molecule has 0 aliphatic carbocycles. The van der Waals surface area contributed by atoms with Crippen LogP contribution < -0.4 is 23.7 Å². The van der Waals surface area contributed by atoms with E-state index in [9.17, 15) is 5.11 Å². The second-order valence-corrected chi connectivity index (χ2v) is 6.66. The van der Waals surface area contributed by atoms with Gasteiger partial charge in [0.05, 0.1) is 35.5 Å². The highest BCUT2D eigenvalue weighted by Gasteiger charge is 2.21. The van der Waals surface area contributed by atoms with E-state index < -0.39 is 0 Å². The molecule has 6 nitrogen and oxygen atoms in total. The van der Waals surface area contributed by atoms with Crippen molar-refractivity contribution in [3.8, 4) is 56.8 Å². The Morgan fingerprint density at radius 2 is 1.13 bits per heavy atom. The van der Waals surface area contributed by atoms with Crippen LogP contribution in [-0.2, 0) is 0 Å². The number of ether oxygens (including phenoxy) is 5. The Kier molecular flexibility index (Phi) is 6.26. The zero-order valence-electron chi connectivity index (χ0n) is 18.0. The van der Waals surface area contributed by atoms with Gasteiger partial charge < -0.3 is 28.8 Å². The first-order chi connectivity index (χ1) is 14.5. The number of aromatic hydroxyl groups is 1. The van der Waals surface area contributed by atoms with E-state index in [0.29, 0.717) is 45.4 Å². The molecule has 158 valence electrons. The molecule has 0 aliphatic heterocycles. The molecule has 0 aromatic heterocycles. The van der Waals surface area contributed by atoms with Crippen LogP contribution in [0.2, 0.25) is 0 Å². The summed E-state index contributed by atoms with van der Waals surface area (Å²) in [5.74, 6) is 3.17. The van der Waals surface area contributed by atoms with Gasteiger partial charge >= 0.3 is 0 Å². The fourth-order valence-electron chi connectivity index (χ4n) is 3.49. The minimum atomic E-state index is 0.0887. The summed E-state index contributed by atoms with van der Waals surface area (Å²) in [6, 6.07) is 12.7. The average molecular weight is 410 g/mol. The second-order valence-electron chi connectivity index (χ2n) is 6.66. The third kappa shape index (κ3) is 3.81. The lowest BCUT2D eigenvalue weighted by Crippen LogP contribution is -1.97. The zero-order chi connectivity index (χ0) is 21.8. The van der Waals surface area contributed by atoms with E-state index in [1.807, 2.05) is 25.1 Å². The fraction of sp³-hybridized carbons (Fsp3) is 0.250. The minimum Gasteiger partial charge on any atom is -0.507 e. The normalized spacial score (nSPS) is 10.5. The van der Waals surface area contributed by atoms with Crippen LogP contribution in [0.1, 0.15) is 5.56 Å². The zero-order valence-corrected chi connectivity index (χ0v) is 18.0. The van der Waals surface area contributed by atoms with Crippen LogP contribution in [0.4, 0.5) is 0 Å². The number of phenolic OH excluding ortho intramolecular Hbond substituents is 1. The Morgan fingerprint density at radius 3 is 1.73 bits per heavy atom. The van der Waals surface area contributed by atoms with Crippen molar-refractivity contribution in [2.24, 2.45) is 0 Å². The molecule has 0 saturated carbocycles. The number of phenols is 1. The molecule has 0 fully saturated rings. The molecule has 0 aliphatic rings. The lowest BCUT2D eigenvalue weighted by molar-refractivity contribution is 0.394. The van der Waals surface area contributed by atoms with Gasteiger partial charge in [-0.25, -0.2) is 0 Å². The molecular weight excluding hydrogens is 384 g/mol. The van der Waals surface area contributed by atoms with Gasteiger partial charge in [-0.05, 0) is 42.8 Å². The van der Waals surface area contributed by atoms with Crippen LogP contribution in [0.5, 0.6) is 34.5 Å². The third-order valence-electron chi connectivity index (χ3n) is 5.02. The number of rotatable bonds is 7. The molecule has 1 N–H and O–H groups in total. The first-order valence-electron chi connectivity index (χ1n) is 9.33. The van der Waals surface area contributed by atoms with Crippen LogP contribution in [-0.4, -0.2) is 40.7 Å². The number of aryl methyl sites for hydroxylation is 1. The first-order valence-corrected chi connectivity index (χ1v) is 9.33. The summed E-state index contributed by atoms with van der Waals surface area (Å²) in [5.41, 5.74) is 3.51. The van der Waals surface area contributed by atoms with E-state index in [1.165, 1.54) is 0 Å². The summed E-state index contributed by atoms with van der Waals surface area (Å²) in [6.45, 7) is 1.94. The van der Waals surface area contributed by atoms with Gasteiger partial charge in [-0.3, -0.25) is 0 Å². The molecule has 0 atom stereocenters. The maximum atomic E-state index is 11.3. The van der Waals surface area contributed by atoms with Gasteiger partial charge in [-0.1, -0.05) is 0 Å². The molecule has 0 heterocycles. The minimum absolute atomic E-state index is 0.0887. The van der Waals surface area contributed by atoms with E-state index in [4.69, 9.17) is 23.7 Å². The van der Waals surface area contributed by atoms with E-state index in [2.05, 4.69) is 0 Å². The third-order valence-corrected chi connectivity index (χ3v) is 5.02. The van der Waals surface area contributed by atoms with E-state index in [0.717, 1.165) is 11.1 Å². The van der Waals surface area contributed by atoms with Crippen LogP contribution >= 0.6 is 0 Å². The van der Waals surface area contributed by atoms with Gasteiger partial charge in [0.2, 0.25) is 0 Å². The fourth-order valence-corrected chi connectivity index (χ4v) is 3.49. The van der Waals surface area contributed by atoms with Gasteiger partial charge in [-0.15, -0.1) is 0 Å². The van der Waals surface area contributed by atoms with Crippen LogP contribution in [0.15, 0.2) is 42.5 Å². The number of benzene rings is 3. The van der Waals surface area contributed by atoms with Crippen LogP contribution in [0, 0.1) is 6.92 Å². The highest BCUT2D eigenvalue weighted by molar-refractivity contribution is 5.89. The van der Waals surface area contributed by atoms with Crippen molar-refractivity contribution in [1.82, 2.24) is 0 Å². The molecule has 30 heavy (non-hydrogen) atoms. The van der Waals surface area contributed by atoms with E-state index in [-0.39, 0.29) is 5.75 Å². The van der Waals surface area contributed by atoms with Gasteiger partial charge in [0.15, 0.2) is 0 Å². The SMILES string of the molecule is COc1ccc(-c2cc(OC)cc(-c3c(C)cc(OC)cc3OC)c2O)c(OC)c1. The highest BCUT2D eigenvalue weighted by atomic mass is 16.5. The summed E-state index contributed by atoms with van der Waals surface area (Å²) in [4.78, 5) is 0. The van der Waals surface area contributed by atoms with E-state index in [1.54, 1.807) is 59.8 Å². The standard InChI is InChI=1S/C24H26O6/c1-14-9-16(27-3)13-22(30-6)23(14)20-11-17(28-4)10-19(24(20)25)18-8-7-15(26-2)12-21(18)29-5/h7-13,25H,1-6H3. The lowest BCUT2D eigenvalue weighted by Gasteiger charge is -2.19. The summed E-state index contributed by atoms with van der Waals surface area (Å²) in [7, 11) is 7.94. The summed E-state index contributed by atoms with van der Waals surface area (Å²) < 4.78 is 27.3. The van der Waals surface area contributed by atoms with Gasteiger partial charge in [0, 0.05) is 34.4 Å². The number of hydrogen-bond donors (Lipinski definition) is 1. The van der Waals surface area contributed by atoms with Crippen molar-refractivity contribution in [3.63, 3.8) is 0 Å². The van der Waals surface area contributed by atoms with Crippen molar-refractivity contribution in [2.75, 3.05) is 35.5 Å². The quantitative estimate of drug-likeness (QED) is 0.586. The van der Waals surface area contributed by atoms with Crippen molar-refractivity contribution < 1.29 is 28.8 Å². The summed E-state index contributed by atoms with van der Waals surface area (Å²) in [6.07, 6.45) is 0. The van der Waals surface area contributed by atoms with E-state index >= 15 is 0 Å².